The Bertz CT molecular complexity index is 811. The van der Waals surface area contributed by atoms with Crippen LogP contribution < -0.4 is 4.90 Å². The van der Waals surface area contributed by atoms with Crippen LogP contribution in [0.1, 0.15) is 19.4 Å². The van der Waals surface area contributed by atoms with Crippen LogP contribution in [0.15, 0.2) is 40.4 Å². The number of fused-ring (bicyclic) bond motifs is 1. The highest BCUT2D eigenvalue weighted by molar-refractivity contribution is 7.65. The van der Waals surface area contributed by atoms with Crippen molar-refractivity contribution in [3.63, 3.8) is 0 Å². The van der Waals surface area contributed by atoms with E-state index >= 15 is 0 Å². The van der Waals surface area contributed by atoms with E-state index in [0.29, 0.717) is 26.3 Å². The molecule has 0 aliphatic carbocycles. The van der Waals surface area contributed by atoms with Gasteiger partial charge in [0.15, 0.2) is 0 Å². The van der Waals surface area contributed by atoms with Crippen LogP contribution >= 0.6 is 7.44 Å². The van der Waals surface area contributed by atoms with Crippen molar-refractivity contribution < 1.29 is 9.30 Å². The molecule has 0 N–H and O–H groups in total. The fourth-order valence-electron chi connectivity index (χ4n) is 4.25. The van der Waals surface area contributed by atoms with Crippen LogP contribution in [0.3, 0.4) is 0 Å². The molecule has 0 amide bonds. The van der Waals surface area contributed by atoms with Crippen LogP contribution in [0.5, 0.6) is 0 Å². The Morgan fingerprint density at radius 3 is 2.52 bits per heavy atom. The van der Waals surface area contributed by atoms with E-state index in [1.54, 1.807) is 11.0 Å². The topological polar surface area (TPSA) is 48.4 Å². The minimum Gasteiger partial charge on any atom is -0.379 e. The summed E-state index contributed by atoms with van der Waals surface area (Å²) >= 11 is 0. The Balaban J connectivity index is 1.89. The smallest absolute Gasteiger partial charge is 0.287 e. The van der Waals surface area contributed by atoms with E-state index in [2.05, 4.69) is 59.8 Å². The third-order valence-corrected chi connectivity index (χ3v) is 8.54. The normalized spacial score (nSPS) is 31.7. The standard InChI is InChI=1S/C18H25N4O2P/c1-18(2)14-7-5-6-8-15(14)20(3)17(18)16-13-19-21(4)25(16,23)22-9-11-24-12-10-22/h5-8,13H,9-12H2,1-4H3/b17-16-/t25-/m1/s1. The zero-order valence-electron chi connectivity index (χ0n) is 15.3. The van der Waals surface area contributed by atoms with Crippen molar-refractivity contribution in [3.05, 3.63) is 40.8 Å². The second-order valence-corrected chi connectivity index (χ2v) is 9.99. The van der Waals surface area contributed by atoms with Crippen LogP contribution in [0.25, 0.3) is 0 Å². The van der Waals surface area contributed by atoms with Gasteiger partial charge < -0.3 is 9.64 Å². The van der Waals surface area contributed by atoms with Crippen molar-refractivity contribution in [2.75, 3.05) is 45.3 Å². The van der Waals surface area contributed by atoms with Crippen molar-refractivity contribution >= 4 is 19.3 Å². The number of benzene rings is 1. The zero-order chi connectivity index (χ0) is 17.8. The quantitative estimate of drug-likeness (QED) is 0.721. The van der Waals surface area contributed by atoms with Gasteiger partial charge in [0.25, 0.3) is 7.44 Å². The third-order valence-electron chi connectivity index (χ3n) is 5.53. The van der Waals surface area contributed by atoms with Crippen LogP contribution in [0, 0.1) is 0 Å². The molecule has 0 aromatic heterocycles. The van der Waals surface area contributed by atoms with Gasteiger partial charge in [0.2, 0.25) is 0 Å². The van der Waals surface area contributed by atoms with E-state index in [0.717, 1.165) is 11.0 Å². The first-order chi connectivity index (χ1) is 11.9. The highest BCUT2D eigenvalue weighted by Crippen LogP contribution is 2.65. The van der Waals surface area contributed by atoms with Crippen molar-refractivity contribution in [2.24, 2.45) is 5.10 Å². The van der Waals surface area contributed by atoms with Crippen molar-refractivity contribution in [3.8, 4) is 0 Å². The molecule has 3 heterocycles. The van der Waals surface area contributed by atoms with Gasteiger partial charge in [-0.2, -0.15) is 5.10 Å². The number of rotatable bonds is 1. The second kappa shape index (κ2) is 5.70. The molecular weight excluding hydrogens is 335 g/mol. The summed E-state index contributed by atoms with van der Waals surface area (Å²) in [7, 11) is 0.937. The van der Waals surface area contributed by atoms with E-state index in [-0.39, 0.29) is 5.41 Å². The van der Waals surface area contributed by atoms with Crippen molar-refractivity contribution in [1.82, 2.24) is 9.45 Å². The maximum Gasteiger partial charge on any atom is 0.287 e. The lowest BCUT2D eigenvalue weighted by Gasteiger charge is -2.37. The van der Waals surface area contributed by atoms with Crippen LogP contribution in [0.4, 0.5) is 5.69 Å². The Kier molecular flexibility index (Phi) is 3.83. The number of para-hydroxylation sites is 1. The van der Waals surface area contributed by atoms with E-state index in [4.69, 9.17) is 4.74 Å². The van der Waals surface area contributed by atoms with Crippen LogP contribution in [-0.2, 0) is 14.7 Å². The van der Waals surface area contributed by atoms with Gasteiger partial charge in [0.05, 0.1) is 24.7 Å². The summed E-state index contributed by atoms with van der Waals surface area (Å²) in [5.41, 5.74) is 3.29. The summed E-state index contributed by atoms with van der Waals surface area (Å²) in [6.07, 6.45) is 1.80. The minimum atomic E-state index is -2.94. The van der Waals surface area contributed by atoms with Gasteiger partial charge >= 0.3 is 0 Å². The van der Waals surface area contributed by atoms with E-state index in [1.165, 1.54) is 11.3 Å². The largest absolute Gasteiger partial charge is 0.379 e. The number of morpholine rings is 1. The fraction of sp³-hybridized carbons (Fsp3) is 0.500. The van der Waals surface area contributed by atoms with Gasteiger partial charge in [-0.3, -0.25) is 4.57 Å². The highest BCUT2D eigenvalue weighted by Gasteiger charge is 2.49. The Hall–Kier alpha value is -1.62. The van der Waals surface area contributed by atoms with E-state index in [1.807, 2.05) is 7.05 Å². The molecule has 1 aromatic carbocycles. The molecule has 3 aliphatic heterocycles. The number of allylic oxidation sites excluding steroid dienone is 2. The van der Waals surface area contributed by atoms with Crippen LogP contribution in [-0.4, -0.2) is 56.1 Å². The maximum absolute atomic E-state index is 14.2. The van der Waals surface area contributed by atoms with Gasteiger partial charge in [-0.25, -0.2) is 9.45 Å². The number of likely N-dealkylation sites (N-methyl/N-ethyl adjacent to an activating group) is 1. The molecule has 0 unspecified atom stereocenters. The summed E-state index contributed by atoms with van der Waals surface area (Å²) in [6, 6.07) is 8.41. The van der Waals surface area contributed by atoms with E-state index < -0.39 is 7.44 Å². The monoisotopic (exact) mass is 360 g/mol. The van der Waals surface area contributed by atoms with Crippen LogP contribution in [0.2, 0.25) is 0 Å². The first-order valence-electron chi connectivity index (χ1n) is 8.68. The molecule has 1 aromatic rings. The first-order valence-corrected chi connectivity index (χ1v) is 10.3. The fourth-order valence-corrected chi connectivity index (χ4v) is 7.04. The molecule has 0 spiro atoms. The molecule has 25 heavy (non-hydrogen) atoms. The second-order valence-electron chi connectivity index (χ2n) is 7.28. The van der Waals surface area contributed by atoms with Crippen molar-refractivity contribution in [2.45, 2.75) is 19.3 Å². The first kappa shape index (κ1) is 16.8. The molecule has 1 saturated heterocycles. The molecule has 134 valence electrons. The minimum absolute atomic E-state index is 0.222. The van der Waals surface area contributed by atoms with Crippen molar-refractivity contribution in [1.29, 1.82) is 0 Å². The van der Waals surface area contributed by atoms with Gasteiger partial charge in [-0.15, -0.1) is 0 Å². The lowest BCUT2D eigenvalue weighted by atomic mass is 9.84. The summed E-state index contributed by atoms with van der Waals surface area (Å²) in [6.45, 7) is 6.96. The Morgan fingerprint density at radius 1 is 1.16 bits per heavy atom. The Labute approximate surface area is 149 Å². The molecule has 1 atom stereocenters. The number of nitrogens with zero attached hydrogens (tertiary/aromatic N) is 4. The molecule has 3 aliphatic rings. The maximum atomic E-state index is 14.2. The summed E-state index contributed by atoms with van der Waals surface area (Å²) < 4.78 is 23.4. The molecular formula is C18H25N4O2P. The zero-order valence-corrected chi connectivity index (χ0v) is 16.2. The van der Waals surface area contributed by atoms with Gasteiger partial charge in [0, 0.05) is 44.0 Å². The molecule has 1 fully saturated rings. The molecule has 0 radical (unpaired) electrons. The SMILES string of the molecule is CN1/C(=C2/C=NN(C)[P@@]2(=O)N2CCOCC2)C(C)(C)c2ccccc21. The Morgan fingerprint density at radius 2 is 1.84 bits per heavy atom. The number of hydrogen-bond acceptors (Lipinski definition) is 4. The average molecular weight is 360 g/mol. The average Bonchev–Trinajstić information content (AvgIpc) is 3.02. The summed E-state index contributed by atoms with van der Waals surface area (Å²) in [5, 5.41) is 5.28. The number of anilines is 1. The lowest BCUT2D eigenvalue weighted by Crippen LogP contribution is -2.37. The molecule has 7 heteroatoms. The number of hydrogen-bond donors (Lipinski definition) is 0. The molecule has 4 rings (SSSR count). The lowest BCUT2D eigenvalue weighted by molar-refractivity contribution is 0.0701. The highest BCUT2D eigenvalue weighted by atomic mass is 31.2. The van der Waals surface area contributed by atoms with Gasteiger partial charge in [0.1, 0.15) is 0 Å². The molecule has 0 bridgehead atoms. The van der Waals surface area contributed by atoms with Gasteiger partial charge in [-0.05, 0) is 11.6 Å². The third kappa shape index (κ3) is 2.24. The summed E-state index contributed by atoms with van der Waals surface area (Å²) in [4.78, 5) is 2.18. The predicted octanol–water partition coefficient (Wildman–Crippen LogP) is 3.08. The molecule has 0 saturated carbocycles. The number of hydrazone groups is 1. The number of ether oxygens (including phenoxy) is 1. The molecule has 6 nitrogen and oxygen atoms in total. The van der Waals surface area contributed by atoms with E-state index in [9.17, 15) is 4.57 Å². The predicted molar refractivity (Wildman–Crippen MR) is 101 cm³/mol. The summed E-state index contributed by atoms with van der Waals surface area (Å²) in [5.74, 6) is 0. The van der Waals surface area contributed by atoms with Gasteiger partial charge in [-0.1, -0.05) is 32.0 Å².